The van der Waals surface area contributed by atoms with Crippen LogP contribution in [0, 0.1) is 5.92 Å². The monoisotopic (exact) mass is 266 g/mol. The number of hydrogen-bond acceptors (Lipinski definition) is 4. The van der Waals surface area contributed by atoms with Crippen molar-refractivity contribution in [3.05, 3.63) is 11.1 Å². The first-order chi connectivity index (χ1) is 8.58. The van der Waals surface area contributed by atoms with Gasteiger partial charge in [0.1, 0.15) is 0 Å². The molecule has 0 bridgehead atoms. The average molecular weight is 266 g/mol. The van der Waals surface area contributed by atoms with Crippen LogP contribution in [-0.2, 0) is 0 Å². The third-order valence-electron chi connectivity index (χ3n) is 3.41. The van der Waals surface area contributed by atoms with Crippen LogP contribution in [0.2, 0.25) is 0 Å². The molecule has 0 atom stereocenters. The van der Waals surface area contributed by atoms with E-state index in [1.54, 1.807) is 24.5 Å². The Labute approximate surface area is 113 Å². The lowest BCUT2D eigenvalue weighted by atomic mass is 10.1. The molecular formula is C14H22N2OS. The molecule has 1 aliphatic rings. The first-order valence-corrected chi connectivity index (χ1v) is 7.63. The Kier molecular flexibility index (Phi) is 4.38. The molecule has 1 aromatic rings. The van der Waals surface area contributed by atoms with Gasteiger partial charge in [0.05, 0.1) is 11.1 Å². The molecule has 1 heterocycles. The second-order valence-corrected chi connectivity index (χ2v) is 6.56. The number of carbonyl (C=O) groups is 1. The second kappa shape index (κ2) is 5.83. The molecule has 4 heteroatoms. The number of thiazole rings is 1. The van der Waals surface area contributed by atoms with Gasteiger partial charge in [-0.05, 0) is 18.8 Å². The Morgan fingerprint density at radius 3 is 2.67 bits per heavy atom. The second-order valence-electron chi connectivity index (χ2n) is 5.55. The molecule has 1 aromatic heterocycles. The van der Waals surface area contributed by atoms with E-state index < -0.39 is 0 Å². The van der Waals surface area contributed by atoms with Crippen molar-refractivity contribution in [3.8, 4) is 0 Å². The predicted molar refractivity (Wildman–Crippen MR) is 76.6 cm³/mol. The van der Waals surface area contributed by atoms with Crippen LogP contribution in [0.4, 0.5) is 5.13 Å². The van der Waals surface area contributed by atoms with Crippen molar-refractivity contribution in [3.63, 3.8) is 0 Å². The van der Waals surface area contributed by atoms with Crippen LogP contribution in [0.15, 0.2) is 6.20 Å². The highest BCUT2D eigenvalue weighted by Gasteiger charge is 2.25. The summed E-state index contributed by atoms with van der Waals surface area (Å²) in [5, 5.41) is 1.03. The molecule has 0 spiro atoms. The molecule has 0 radical (unpaired) electrons. The summed E-state index contributed by atoms with van der Waals surface area (Å²) in [4.78, 5) is 19.0. The molecule has 0 N–H and O–H groups in total. The van der Waals surface area contributed by atoms with E-state index in [9.17, 15) is 4.79 Å². The van der Waals surface area contributed by atoms with Gasteiger partial charge in [-0.1, -0.05) is 38.0 Å². The van der Waals surface area contributed by atoms with Crippen LogP contribution in [-0.4, -0.2) is 23.4 Å². The third-order valence-corrected chi connectivity index (χ3v) is 4.55. The fourth-order valence-corrected chi connectivity index (χ4v) is 3.45. The number of Topliss-reactive ketones (excluding diaryl/α,β-unsaturated/α-hetero) is 1. The largest absolute Gasteiger partial charge is 0.345 e. The van der Waals surface area contributed by atoms with Gasteiger partial charge < -0.3 is 4.90 Å². The first-order valence-electron chi connectivity index (χ1n) is 6.81. The molecule has 1 aliphatic carbocycles. The maximum Gasteiger partial charge on any atom is 0.186 e. The van der Waals surface area contributed by atoms with Gasteiger partial charge in [0.2, 0.25) is 0 Å². The van der Waals surface area contributed by atoms with E-state index in [0.29, 0.717) is 12.0 Å². The van der Waals surface area contributed by atoms with Crippen molar-refractivity contribution in [2.75, 3.05) is 11.4 Å². The minimum Gasteiger partial charge on any atom is -0.345 e. The van der Waals surface area contributed by atoms with Crippen molar-refractivity contribution in [1.82, 2.24) is 4.98 Å². The predicted octanol–water partition coefficient (Wildman–Crippen LogP) is 3.75. The summed E-state index contributed by atoms with van der Waals surface area (Å²) in [6.07, 6.45) is 6.91. The Morgan fingerprint density at radius 2 is 2.17 bits per heavy atom. The zero-order valence-electron chi connectivity index (χ0n) is 11.5. The van der Waals surface area contributed by atoms with Crippen molar-refractivity contribution < 1.29 is 4.79 Å². The zero-order valence-corrected chi connectivity index (χ0v) is 12.3. The zero-order chi connectivity index (χ0) is 13.1. The number of carbonyl (C=O) groups excluding carboxylic acids is 1. The lowest BCUT2D eigenvalue weighted by Crippen LogP contribution is -2.36. The van der Waals surface area contributed by atoms with E-state index in [-0.39, 0.29) is 5.78 Å². The van der Waals surface area contributed by atoms with Crippen molar-refractivity contribution in [1.29, 1.82) is 0 Å². The number of rotatable bonds is 5. The van der Waals surface area contributed by atoms with E-state index in [0.717, 1.165) is 16.6 Å². The lowest BCUT2D eigenvalue weighted by molar-refractivity contribution is 0.102. The Hall–Kier alpha value is -0.900. The average Bonchev–Trinajstić information content (AvgIpc) is 2.97. The van der Waals surface area contributed by atoms with E-state index in [1.165, 1.54) is 25.7 Å². The first kappa shape index (κ1) is 13.5. The number of nitrogens with zero attached hydrogens (tertiary/aromatic N) is 2. The SMILES string of the molecule is CC(=O)c1cnc(N(CC(C)C)C2CCCC2)s1. The number of anilines is 1. The topological polar surface area (TPSA) is 33.2 Å². The van der Waals surface area contributed by atoms with Crippen molar-refractivity contribution in [2.24, 2.45) is 5.92 Å². The molecule has 0 saturated heterocycles. The highest BCUT2D eigenvalue weighted by Crippen LogP contribution is 2.31. The number of ketones is 1. The molecule has 3 nitrogen and oxygen atoms in total. The molecule has 2 rings (SSSR count). The molecule has 0 aromatic carbocycles. The van der Waals surface area contributed by atoms with E-state index >= 15 is 0 Å². The van der Waals surface area contributed by atoms with Gasteiger partial charge in [0, 0.05) is 19.5 Å². The molecule has 18 heavy (non-hydrogen) atoms. The minimum absolute atomic E-state index is 0.120. The lowest BCUT2D eigenvalue weighted by Gasteiger charge is -2.30. The highest BCUT2D eigenvalue weighted by molar-refractivity contribution is 7.17. The minimum atomic E-state index is 0.120. The molecule has 0 aliphatic heterocycles. The van der Waals surface area contributed by atoms with E-state index in [2.05, 4.69) is 23.7 Å². The Balaban J connectivity index is 2.18. The summed E-state index contributed by atoms with van der Waals surface area (Å²) in [7, 11) is 0. The van der Waals surface area contributed by atoms with Crippen molar-refractivity contribution in [2.45, 2.75) is 52.5 Å². The van der Waals surface area contributed by atoms with Gasteiger partial charge in [-0.25, -0.2) is 4.98 Å². The summed E-state index contributed by atoms with van der Waals surface area (Å²) >= 11 is 1.54. The van der Waals surface area contributed by atoms with Crippen molar-refractivity contribution >= 4 is 22.3 Å². The Bertz CT molecular complexity index is 408. The van der Waals surface area contributed by atoms with Gasteiger partial charge in [-0.15, -0.1) is 0 Å². The summed E-state index contributed by atoms with van der Waals surface area (Å²) in [6, 6.07) is 0.623. The molecule has 0 amide bonds. The van der Waals surface area contributed by atoms with Gasteiger partial charge in [-0.3, -0.25) is 4.79 Å². The van der Waals surface area contributed by atoms with Crippen LogP contribution in [0.1, 0.15) is 56.1 Å². The third kappa shape index (κ3) is 3.10. The fraction of sp³-hybridized carbons (Fsp3) is 0.714. The summed E-state index contributed by atoms with van der Waals surface area (Å²) in [5.74, 6) is 0.741. The summed E-state index contributed by atoms with van der Waals surface area (Å²) in [6.45, 7) is 7.12. The molecule has 0 unspecified atom stereocenters. The maximum absolute atomic E-state index is 11.4. The van der Waals surface area contributed by atoms with Crippen LogP contribution < -0.4 is 4.90 Å². The molecular weight excluding hydrogens is 244 g/mol. The van der Waals surface area contributed by atoms with E-state index in [4.69, 9.17) is 0 Å². The summed E-state index contributed by atoms with van der Waals surface area (Å²) in [5.41, 5.74) is 0. The van der Waals surface area contributed by atoms with Crippen LogP contribution in [0.25, 0.3) is 0 Å². The van der Waals surface area contributed by atoms with Crippen LogP contribution >= 0.6 is 11.3 Å². The van der Waals surface area contributed by atoms with Crippen LogP contribution in [0.5, 0.6) is 0 Å². The smallest absolute Gasteiger partial charge is 0.186 e. The molecule has 1 saturated carbocycles. The van der Waals surface area contributed by atoms with Gasteiger partial charge in [-0.2, -0.15) is 0 Å². The van der Waals surface area contributed by atoms with Gasteiger partial charge >= 0.3 is 0 Å². The number of aromatic nitrogens is 1. The fourth-order valence-electron chi connectivity index (χ4n) is 2.55. The summed E-state index contributed by atoms with van der Waals surface area (Å²) < 4.78 is 0. The van der Waals surface area contributed by atoms with Crippen LogP contribution in [0.3, 0.4) is 0 Å². The van der Waals surface area contributed by atoms with Gasteiger partial charge in [0.15, 0.2) is 10.9 Å². The van der Waals surface area contributed by atoms with Gasteiger partial charge in [0.25, 0.3) is 0 Å². The quantitative estimate of drug-likeness (QED) is 0.761. The normalized spacial score (nSPS) is 16.4. The highest BCUT2D eigenvalue weighted by atomic mass is 32.1. The Morgan fingerprint density at radius 1 is 1.50 bits per heavy atom. The molecule has 1 fully saturated rings. The maximum atomic E-state index is 11.4. The van der Waals surface area contributed by atoms with E-state index in [1.807, 2.05) is 0 Å². The number of hydrogen-bond donors (Lipinski definition) is 0. The standard InChI is InChI=1S/C14H22N2OS/c1-10(2)9-16(12-6-4-5-7-12)14-15-8-13(18-14)11(3)17/h8,10,12H,4-7,9H2,1-3H3. The molecule has 100 valence electrons.